The van der Waals surface area contributed by atoms with Gasteiger partial charge in [0.2, 0.25) is 0 Å². The molecule has 0 aromatic heterocycles. The molecule has 0 heterocycles. The molecule has 76 valence electrons. The van der Waals surface area contributed by atoms with E-state index in [1.54, 1.807) is 0 Å². The molecule has 0 saturated carbocycles. The van der Waals surface area contributed by atoms with Crippen molar-refractivity contribution in [2.24, 2.45) is 0 Å². The Hall–Kier alpha value is -0.830. The molecule has 0 amide bonds. The summed E-state index contributed by atoms with van der Waals surface area (Å²) in [7, 11) is 1.39. The molecule has 1 rings (SSSR count). The van der Waals surface area contributed by atoms with Crippen molar-refractivity contribution < 1.29 is 9.53 Å². The lowest BCUT2D eigenvalue weighted by atomic mass is 10.0. The maximum absolute atomic E-state index is 11.3. The average Bonchev–Trinajstić information content (AvgIpc) is 2.19. The molecule has 0 radical (unpaired) electrons. The molecule has 14 heavy (non-hydrogen) atoms. The molecule has 1 aromatic carbocycles. The van der Waals surface area contributed by atoms with E-state index < -0.39 is 0 Å². The van der Waals surface area contributed by atoms with Crippen LogP contribution in [0.2, 0.25) is 0 Å². The summed E-state index contributed by atoms with van der Waals surface area (Å²) in [6.07, 6.45) is 0. The van der Waals surface area contributed by atoms with Gasteiger partial charge in [-0.2, -0.15) is 0 Å². The fraction of sp³-hybridized carbons (Fsp3) is 0.364. The molecule has 0 N–H and O–H groups in total. The number of hydrogen-bond donors (Lipinski definition) is 0. The summed E-state index contributed by atoms with van der Waals surface area (Å²) in [6.45, 7) is 3.98. The van der Waals surface area contributed by atoms with E-state index in [1.165, 1.54) is 7.11 Å². The summed E-state index contributed by atoms with van der Waals surface area (Å²) >= 11 is 3.32. The maximum Gasteiger partial charge on any atom is 0.324 e. The quantitative estimate of drug-likeness (QED) is 0.601. The Kier molecular flexibility index (Phi) is 3.69. The van der Waals surface area contributed by atoms with Gasteiger partial charge in [-0.05, 0) is 25.0 Å². The first-order chi connectivity index (χ1) is 6.56. The smallest absolute Gasteiger partial charge is 0.324 e. The van der Waals surface area contributed by atoms with Gasteiger partial charge in [0, 0.05) is 0 Å². The van der Waals surface area contributed by atoms with Crippen molar-refractivity contribution in [3.8, 4) is 0 Å². The van der Waals surface area contributed by atoms with E-state index in [2.05, 4.69) is 20.7 Å². The van der Waals surface area contributed by atoms with Gasteiger partial charge in [0.15, 0.2) is 0 Å². The summed E-state index contributed by atoms with van der Waals surface area (Å²) in [5.74, 6) is -0.265. The van der Waals surface area contributed by atoms with Crippen LogP contribution >= 0.6 is 15.9 Å². The van der Waals surface area contributed by atoms with Crippen molar-refractivity contribution in [3.05, 3.63) is 34.9 Å². The molecule has 0 aliphatic rings. The maximum atomic E-state index is 11.3. The minimum absolute atomic E-state index is 0.265. The summed E-state index contributed by atoms with van der Waals surface area (Å²) in [5.41, 5.74) is 3.19. The molecule has 1 aromatic rings. The Morgan fingerprint density at radius 2 is 2.07 bits per heavy atom. The Morgan fingerprint density at radius 3 is 2.64 bits per heavy atom. The molecular weight excluding hydrogens is 244 g/mol. The van der Waals surface area contributed by atoms with Crippen molar-refractivity contribution in [1.29, 1.82) is 0 Å². The Balaban J connectivity index is 3.05. The fourth-order valence-corrected chi connectivity index (χ4v) is 1.94. The number of rotatable bonds is 2. The van der Waals surface area contributed by atoms with Gasteiger partial charge in [-0.1, -0.05) is 39.7 Å². The van der Waals surface area contributed by atoms with E-state index in [4.69, 9.17) is 0 Å². The van der Waals surface area contributed by atoms with Crippen molar-refractivity contribution >= 4 is 21.9 Å². The lowest BCUT2D eigenvalue weighted by Crippen LogP contribution is -2.09. The van der Waals surface area contributed by atoms with Gasteiger partial charge in [-0.15, -0.1) is 0 Å². The molecule has 0 aliphatic carbocycles. The zero-order valence-corrected chi connectivity index (χ0v) is 10.1. The largest absolute Gasteiger partial charge is 0.468 e. The second kappa shape index (κ2) is 4.60. The van der Waals surface area contributed by atoms with Crippen LogP contribution in [0, 0.1) is 13.8 Å². The lowest BCUT2D eigenvalue weighted by Gasteiger charge is -2.11. The number of alkyl halides is 1. The van der Waals surface area contributed by atoms with Crippen LogP contribution in [0.15, 0.2) is 18.2 Å². The summed E-state index contributed by atoms with van der Waals surface area (Å²) in [4.78, 5) is 10.9. The van der Waals surface area contributed by atoms with Crippen molar-refractivity contribution in [2.45, 2.75) is 18.7 Å². The minimum Gasteiger partial charge on any atom is -0.468 e. The highest BCUT2D eigenvalue weighted by Crippen LogP contribution is 2.27. The molecule has 1 atom stereocenters. The number of aryl methyl sites for hydroxylation is 2. The van der Waals surface area contributed by atoms with Gasteiger partial charge >= 0.3 is 5.97 Å². The number of hydrogen-bond acceptors (Lipinski definition) is 2. The van der Waals surface area contributed by atoms with Crippen molar-refractivity contribution in [1.82, 2.24) is 0 Å². The highest BCUT2D eigenvalue weighted by Gasteiger charge is 2.19. The van der Waals surface area contributed by atoms with Crippen molar-refractivity contribution in [2.75, 3.05) is 7.11 Å². The third kappa shape index (κ3) is 2.35. The van der Waals surface area contributed by atoms with Crippen LogP contribution in [0.3, 0.4) is 0 Å². The highest BCUT2D eigenvalue weighted by atomic mass is 79.9. The van der Waals surface area contributed by atoms with E-state index in [1.807, 2.05) is 32.0 Å². The number of carbonyl (C=O) groups excluding carboxylic acids is 1. The monoisotopic (exact) mass is 256 g/mol. The normalized spacial score (nSPS) is 12.3. The molecule has 0 fully saturated rings. The zero-order valence-electron chi connectivity index (χ0n) is 8.50. The second-order valence-electron chi connectivity index (χ2n) is 3.25. The van der Waals surface area contributed by atoms with Crippen LogP contribution in [0.1, 0.15) is 21.5 Å². The average molecular weight is 257 g/mol. The first-order valence-electron chi connectivity index (χ1n) is 4.35. The van der Waals surface area contributed by atoms with Gasteiger partial charge < -0.3 is 4.74 Å². The van der Waals surface area contributed by atoms with E-state index >= 15 is 0 Å². The van der Waals surface area contributed by atoms with Crippen LogP contribution < -0.4 is 0 Å². The fourth-order valence-electron chi connectivity index (χ4n) is 1.26. The third-order valence-electron chi connectivity index (χ3n) is 2.12. The molecule has 2 nitrogen and oxygen atoms in total. The Labute approximate surface area is 92.4 Å². The second-order valence-corrected chi connectivity index (χ2v) is 4.16. The van der Waals surface area contributed by atoms with Gasteiger partial charge in [-0.3, -0.25) is 4.79 Å². The predicted octanol–water partition coefficient (Wildman–Crippen LogP) is 2.91. The van der Waals surface area contributed by atoms with Crippen molar-refractivity contribution in [3.63, 3.8) is 0 Å². The van der Waals surface area contributed by atoms with Crippen LogP contribution in [0.4, 0.5) is 0 Å². The molecule has 0 aliphatic heterocycles. The first-order valence-corrected chi connectivity index (χ1v) is 5.27. The van der Waals surface area contributed by atoms with E-state index in [9.17, 15) is 4.79 Å². The summed E-state index contributed by atoms with van der Waals surface area (Å²) in [5, 5.41) is 0. The topological polar surface area (TPSA) is 26.3 Å². The number of halogens is 1. The van der Waals surface area contributed by atoms with E-state index in [0.717, 1.165) is 16.7 Å². The minimum atomic E-state index is -0.368. The van der Waals surface area contributed by atoms with Gasteiger partial charge in [0.1, 0.15) is 4.83 Å². The predicted molar refractivity (Wildman–Crippen MR) is 59.6 cm³/mol. The number of esters is 1. The molecule has 0 spiro atoms. The number of carbonyl (C=O) groups is 1. The highest BCUT2D eigenvalue weighted by molar-refractivity contribution is 9.09. The SMILES string of the molecule is COC(=O)C(Br)c1cc(C)ccc1C. The van der Waals surface area contributed by atoms with Gasteiger partial charge in [0.25, 0.3) is 0 Å². The number of methoxy groups -OCH3 is 1. The van der Waals surface area contributed by atoms with Crippen LogP contribution in [0.25, 0.3) is 0 Å². The van der Waals surface area contributed by atoms with Gasteiger partial charge in [0.05, 0.1) is 7.11 Å². The van der Waals surface area contributed by atoms with E-state index in [-0.39, 0.29) is 10.8 Å². The summed E-state index contributed by atoms with van der Waals surface area (Å²) in [6, 6.07) is 6.02. The molecular formula is C11H13BrO2. The Bertz CT molecular complexity index is 347. The van der Waals surface area contributed by atoms with Crippen LogP contribution in [0.5, 0.6) is 0 Å². The lowest BCUT2D eigenvalue weighted by molar-refractivity contribution is -0.139. The van der Waals surface area contributed by atoms with Crippen LogP contribution in [-0.4, -0.2) is 13.1 Å². The molecule has 0 saturated heterocycles. The summed E-state index contributed by atoms with van der Waals surface area (Å²) < 4.78 is 4.68. The molecule has 3 heteroatoms. The number of ether oxygens (including phenoxy) is 1. The van der Waals surface area contributed by atoms with E-state index in [0.29, 0.717) is 0 Å². The van der Waals surface area contributed by atoms with Gasteiger partial charge in [-0.25, -0.2) is 0 Å². The van der Waals surface area contributed by atoms with Crippen LogP contribution in [-0.2, 0) is 9.53 Å². The third-order valence-corrected chi connectivity index (χ3v) is 2.98. The Morgan fingerprint density at radius 1 is 1.43 bits per heavy atom. The standard InChI is InChI=1S/C11H13BrO2/c1-7-4-5-8(2)9(6-7)10(12)11(13)14-3/h4-6,10H,1-3H3. The zero-order chi connectivity index (χ0) is 10.7. The number of benzene rings is 1. The first kappa shape index (κ1) is 11.2. The molecule has 1 unspecified atom stereocenters. The molecule has 0 bridgehead atoms.